The number of nitrogens with zero attached hydrogens (tertiary/aromatic N) is 3. The molecule has 0 atom stereocenters. The van der Waals surface area contributed by atoms with Crippen molar-refractivity contribution in [2.24, 2.45) is 0 Å². The van der Waals surface area contributed by atoms with Gasteiger partial charge in [0.05, 0.1) is 43.3 Å². The van der Waals surface area contributed by atoms with E-state index in [1.807, 2.05) is 0 Å². The van der Waals surface area contributed by atoms with Crippen molar-refractivity contribution < 1.29 is 23.5 Å². The molecule has 3 N–H and O–H groups in total. The number of ether oxygens (including phenoxy) is 2. The minimum atomic E-state index is -0.552. The molecule has 0 aliphatic carbocycles. The van der Waals surface area contributed by atoms with Gasteiger partial charge in [0.2, 0.25) is 5.91 Å². The SMILES string of the molecule is C=CC(=O)Nc1cc2c(-c3nn4c(c3Nc3cccc(F)c3OC)C(=O)NCC4)ccnc2cc1OC. The van der Waals surface area contributed by atoms with E-state index in [0.717, 1.165) is 6.08 Å². The maximum atomic E-state index is 14.4. The summed E-state index contributed by atoms with van der Waals surface area (Å²) in [5.41, 5.74) is 3.07. The average molecular weight is 503 g/mol. The number of aromatic nitrogens is 3. The number of hydrogen-bond acceptors (Lipinski definition) is 7. The van der Waals surface area contributed by atoms with E-state index in [2.05, 4.69) is 27.5 Å². The van der Waals surface area contributed by atoms with E-state index >= 15 is 0 Å². The van der Waals surface area contributed by atoms with Crippen molar-refractivity contribution in [1.82, 2.24) is 20.1 Å². The molecule has 0 radical (unpaired) electrons. The molecular formula is C26H23FN6O4. The lowest BCUT2D eigenvalue weighted by Crippen LogP contribution is -2.35. The zero-order valence-electron chi connectivity index (χ0n) is 20.1. The third kappa shape index (κ3) is 4.20. The summed E-state index contributed by atoms with van der Waals surface area (Å²) < 4.78 is 26.8. The number of fused-ring (bicyclic) bond motifs is 2. The summed E-state index contributed by atoms with van der Waals surface area (Å²) in [5, 5.41) is 14.1. The normalized spacial score (nSPS) is 12.5. The molecule has 0 fully saturated rings. The van der Waals surface area contributed by atoms with E-state index in [9.17, 15) is 14.0 Å². The molecule has 0 saturated carbocycles. The summed E-state index contributed by atoms with van der Waals surface area (Å²) in [4.78, 5) is 29.4. The molecule has 37 heavy (non-hydrogen) atoms. The lowest BCUT2D eigenvalue weighted by atomic mass is 10.0. The summed E-state index contributed by atoms with van der Waals surface area (Å²) in [7, 11) is 2.86. The van der Waals surface area contributed by atoms with Crippen molar-refractivity contribution in [3.63, 3.8) is 0 Å². The van der Waals surface area contributed by atoms with Crippen LogP contribution in [0.15, 0.2) is 55.3 Å². The van der Waals surface area contributed by atoms with Crippen LogP contribution in [0.5, 0.6) is 11.5 Å². The molecule has 4 aromatic rings. The van der Waals surface area contributed by atoms with Gasteiger partial charge in [-0.25, -0.2) is 4.39 Å². The molecule has 0 unspecified atom stereocenters. The van der Waals surface area contributed by atoms with Crippen LogP contribution < -0.4 is 25.4 Å². The molecule has 3 heterocycles. The first-order valence-electron chi connectivity index (χ1n) is 11.3. The summed E-state index contributed by atoms with van der Waals surface area (Å²) in [6, 6.07) is 9.65. The van der Waals surface area contributed by atoms with E-state index in [1.165, 1.54) is 20.3 Å². The summed E-state index contributed by atoms with van der Waals surface area (Å²) in [5.74, 6) is -0.856. The zero-order chi connectivity index (χ0) is 26.1. The van der Waals surface area contributed by atoms with Gasteiger partial charge >= 0.3 is 0 Å². The Labute approximate surface area is 211 Å². The quantitative estimate of drug-likeness (QED) is 0.328. The molecule has 5 rings (SSSR count). The highest BCUT2D eigenvalue weighted by molar-refractivity contribution is 6.08. The number of hydrogen-bond donors (Lipinski definition) is 3. The van der Waals surface area contributed by atoms with Gasteiger partial charge in [-0.05, 0) is 30.3 Å². The minimum absolute atomic E-state index is 0.00311. The van der Waals surface area contributed by atoms with Gasteiger partial charge in [0, 0.05) is 29.8 Å². The molecule has 1 aliphatic heterocycles. The van der Waals surface area contributed by atoms with Crippen molar-refractivity contribution in [2.75, 3.05) is 31.4 Å². The highest BCUT2D eigenvalue weighted by Gasteiger charge is 2.29. The molecule has 0 spiro atoms. The van der Waals surface area contributed by atoms with E-state index in [1.54, 1.807) is 41.2 Å². The molecule has 2 aromatic heterocycles. The fourth-order valence-corrected chi connectivity index (χ4v) is 4.30. The van der Waals surface area contributed by atoms with Gasteiger partial charge < -0.3 is 25.4 Å². The molecule has 0 saturated heterocycles. The molecule has 0 bridgehead atoms. The first-order valence-corrected chi connectivity index (χ1v) is 11.3. The first-order chi connectivity index (χ1) is 17.9. The van der Waals surface area contributed by atoms with Gasteiger partial charge in [-0.2, -0.15) is 5.10 Å². The number of halogens is 1. The van der Waals surface area contributed by atoms with Crippen LogP contribution in [-0.2, 0) is 11.3 Å². The Balaban J connectivity index is 1.74. The predicted molar refractivity (Wildman–Crippen MR) is 137 cm³/mol. The summed E-state index contributed by atoms with van der Waals surface area (Å²) in [6.07, 6.45) is 2.77. The van der Waals surface area contributed by atoms with Crippen LogP contribution >= 0.6 is 0 Å². The Morgan fingerprint density at radius 1 is 1.22 bits per heavy atom. The second-order valence-electron chi connectivity index (χ2n) is 8.12. The van der Waals surface area contributed by atoms with E-state index < -0.39 is 11.7 Å². The van der Waals surface area contributed by atoms with Crippen LogP contribution in [-0.4, -0.2) is 47.3 Å². The topological polar surface area (TPSA) is 119 Å². The highest BCUT2D eigenvalue weighted by Crippen LogP contribution is 2.41. The number of amides is 2. The summed E-state index contributed by atoms with van der Waals surface area (Å²) >= 11 is 0. The third-order valence-corrected chi connectivity index (χ3v) is 5.97. The molecule has 188 valence electrons. The minimum Gasteiger partial charge on any atom is -0.494 e. The lowest BCUT2D eigenvalue weighted by molar-refractivity contribution is -0.111. The average Bonchev–Trinajstić information content (AvgIpc) is 3.27. The number of carbonyl (C=O) groups is 2. The van der Waals surface area contributed by atoms with Crippen LogP contribution in [0.1, 0.15) is 10.5 Å². The van der Waals surface area contributed by atoms with Gasteiger partial charge in [-0.3, -0.25) is 19.3 Å². The fourth-order valence-electron chi connectivity index (χ4n) is 4.30. The van der Waals surface area contributed by atoms with Crippen molar-refractivity contribution in [3.8, 4) is 22.8 Å². The predicted octanol–water partition coefficient (Wildman–Crippen LogP) is 3.87. The van der Waals surface area contributed by atoms with E-state index in [-0.39, 0.29) is 11.7 Å². The monoisotopic (exact) mass is 502 g/mol. The number of benzene rings is 2. The Bertz CT molecular complexity index is 1560. The second kappa shape index (κ2) is 9.61. The number of nitrogens with one attached hydrogen (secondary N) is 3. The fraction of sp³-hybridized carbons (Fsp3) is 0.154. The molecular weight excluding hydrogens is 479 g/mol. The smallest absolute Gasteiger partial charge is 0.271 e. The number of carbonyl (C=O) groups excluding carboxylic acids is 2. The number of rotatable bonds is 7. The van der Waals surface area contributed by atoms with Crippen LogP contribution in [0.4, 0.5) is 21.5 Å². The van der Waals surface area contributed by atoms with Gasteiger partial charge in [0.25, 0.3) is 5.91 Å². The Hall–Kier alpha value is -4.93. The van der Waals surface area contributed by atoms with Gasteiger partial charge in [0.1, 0.15) is 17.1 Å². The standard InChI is InChI=1S/C26H23FN6O4/c1-4-21(34)30-19-12-15-14(8-9-28-18(15)13-20(19)36-2)22-23(24-26(35)29-10-11-33(24)32-22)31-17-7-5-6-16(27)25(17)37-3/h4-9,12-13,31H,1,10-11H2,2-3H3,(H,29,35)(H,30,34). The van der Waals surface area contributed by atoms with Gasteiger partial charge in [0.15, 0.2) is 11.6 Å². The molecule has 1 aliphatic rings. The van der Waals surface area contributed by atoms with Crippen molar-refractivity contribution >= 4 is 39.8 Å². The number of anilines is 3. The van der Waals surface area contributed by atoms with Crippen molar-refractivity contribution in [1.29, 1.82) is 0 Å². The first kappa shape index (κ1) is 23.8. The number of pyridine rings is 1. The number of methoxy groups -OCH3 is 2. The molecule has 11 heteroatoms. The molecule has 2 amide bonds. The van der Waals surface area contributed by atoms with Crippen LogP contribution in [0.3, 0.4) is 0 Å². The van der Waals surface area contributed by atoms with Crippen LogP contribution in [0.2, 0.25) is 0 Å². The van der Waals surface area contributed by atoms with Gasteiger partial charge in [-0.15, -0.1) is 0 Å². The Morgan fingerprint density at radius 2 is 2.05 bits per heavy atom. The van der Waals surface area contributed by atoms with Crippen LogP contribution in [0, 0.1) is 5.82 Å². The van der Waals surface area contributed by atoms with E-state index in [4.69, 9.17) is 14.6 Å². The highest BCUT2D eigenvalue weighted by atomic mass is 19.1. The second-order valence-corrected chi connectivity index (χ2v) is 8.12. The molecule has 10 nitrogen and oxygen atoms in total. The Kier molecular flexibility index (Phi) is 6.18. The lowest BCUT2D eigenvalue weighted by Gasteiger charge is -2.17. The van der Waals surface area contributed by atoms with Crippen molar-refractivity contribution in [2.45, 2.75) is 6.54 Å². The number of para-hydroxylation sites is 1. The van der Waals surface area contributed by atoms with E-state index in [0.29, 0.717) is 63.8 Å². The summed E-state index contributed by atoms with van der Waals surface area (Å²) in [6.45, 7) is 4.36. The maximum Gasteiger partial charge on any atom is 0.271 e. The largest absolute Gasteiger partial charge is 0.494 e. The van der Waals surface area contributed by atoms with Crippen LogP contribution in [0.25, 0.3) is 22.2 Å². The maximum absolute atomic E-state index is 14.4. The van der Waals surface area contributed by atoms with Crippen molar-refractivity contribution in [3.05, 3.63) is 66.8 Å². The third-order valence-electron chi connectivity index (χ3n) is 5.97. The Morgan fingerprint density at radius 3 is 2.81 bits per heavy atom. The molecule has 2 aromatic carbocycles. The zero-order valence-corrected chi connectivity index (χ0v) is 20.1. The van der Waals surface area contributed by atoms with Gasteiger partial charge in [-0.1, -0.05) is 12.6 Å².